The van der Waals surface area contributed by atoms with Crippen molar-refractivity contribution in [2.75, 3.05) is 0 Å². The summed E-state index contributed by atoms with van der Waals surface area (Å²) in [6, 6.07) is 93.4. The van der Waals surface area contributed by atoms with Gasteiger partial charge in [-0.1, -0.05) is 212 Å². The molecule has 0 amide bonds. The lowest BCUT2D eigenvalue weighted by Crippen LogP contribution is -1.92. The van der Waals surface area contributed by atoms with Gasteiger partial charge in [-0.2, -0.15) is 0 Å². The summed E-state index contributed by atoms with van der Waals surface area (Å²) in [5.74, 6) is 0. The number of hydrogen-bond donors (Lipinski definition) is 0. The van der Waals surface area contributed by atoms with Crippen LogP contribution in [0.2, 0.25) is 0 Å². The number of fused-ring (bicyclic) bond motifs is 9. The number of hydrogen-bond acceptors (Lipinski definition) is 3. The van der Waals surface area contributed by atoms with Crippen molar-refractivity contribution >= 4 is 54.5 Å². The molecule has 0 saturated carbocycles. The Labute approximate surface area is 423 Å². The van der Waals surface area contributed by atoms with Crippen LogP contribution in [0.1, 0.15) is 0 Å². The summed E-state index contributed by atoms with van der Waals surface area (Å²) in [5, 5.41) is 6.71. The summed E-state index contributed by atoms with van der Waals surface area (Å²) < 4.78 is 7.29. The fourth-order valence-corrected chi connectivity index (χ4v) is 10.9. The molecule has 0 aliphatic rings. The van der Waals surface area contributed by atoms with E-state index < -0.39 is 0 Å². The zero-order valence-corrected chi connectivity index (χ0v) is 39.7. The van der Waals surface area contributed by atoms with Crippen molar-refractivity contribution < 1.29 is 4.42 Å². The second-order valence-corrected chi connectivity index (χ2v) is 18.9. The lowest BCUT2D eigenvalue weighted by atomic mass is 9.91. The van der Waals surface area contributed by atoms with E-state index in [2.05, 4.69) is 261 Å². The van der Waals surface area contributed by atoms with Crippen LogP contribution in [0.25, 0.3) is 144 Å². The highest BCUT2D eigenvalue weighted by Crippen LogP contribution is 2.46. The van der Waals surface area contributed by atoms with Crippen LogP contribution in [0.4, 0.5) is 0 Å². The molecule has 0 aliphatic heterocycles. The molecule has 0 aliphatic carbocycles. The average Bonchev–Trinajstić information content (AvgIpc) is 3.86. The predicted octanol–water partition coefficient (Wildman–Crippen LogP) is 19.2. The Balaban J connectivity index is 0.949. The van der Waals surface area contributed by atoms with Crippen molar-refractivity contribution in [2.45, 2.75) is 0 Å². The van der Waals surface area contributed by atoms with E-state index >= 15 is 0 Å². The maximum atomic E-state index is 7.29. The largest absolute Gasteiger partial charge is 0.455 e. The Kier molecular flexibility index (Phi) is 10.2. The van der Waals surface area contributed by atoms with Gasteiger partial charge in [0.25, 0.3) is 0 Å². The van der Waals surface area contributed by atoms with Crippen LogP contribution in [0.15, 0.2) is 271 Å². The Morgan fingerprint density at radius 3 is 1.11 bits per heavy atom. The van der Waals surface area contributed by atoms with Gasteiger partial charge in [0.2, 0.25) is 0 Å². The third-order valence-corrected chi connectivity index (χ3v) is 14.5. The van der Waals surface area contributed by atoms with Crippen molar-refractivity contribution in [3.63, 3.8) is 0 Å². The molecule has 14 rings (SSSR count). The molecule has 0 spiro atoms. The lowest BCUT2D eigenvalue weighted by Gasteiger charge is -2.12. The zero-order chi connectivity index (χ0) is 48.2. The van der Waals surface area contributed by atoms with Gasteiger partial charge in [-0.15, -0.1) is 0 Å². The molecule has 14 aromatic rings. The van der Waals surface area contributed by atoms with Gasteiger partial charge in [0, 0.05) is 38.2 Å². The minimum atomic E-state index is 0.834. The molecule has 0 bridgehead atoms. The molecule has 3 nitrogen and oxygen atoms in total. The van der Waals surface area contributed by atoms with Crippen molar-refractivity contribution in [3.8, 4) is 89.1 Å². The van der Waals surface area contributed by atoms with E-state index in [0.29, 0.717) is 0 Å². The molecule has 340 valence electrons. The summed E-state index contributed by atoms with van der Waals surface area (Å²) in [6.07, 6.45) is 1.92. The highest BCUT2D eigenvalue weighted by Gasteiger charge is 2.21. The third-order valence-electron chi connectivity index (χ3n) is 14.5. The van der Waals surface area contributed by atoms with Crippen LogP contribution < -0.4 is 0 Å². The van der Waals surface area contributed by atoms with Crippen molar-refractivity contribution in [2.24, 2.45) is 0 Å². The first kappa shape index (κ1) is 42.2. The normalized spacial score (nSPS) is 11.6. The molecule has 73 heavy (non-hydrogen) atoms. The van der Waals surface area contributed by atoms with E-state index in [-0.39, 0.29) is 0 Å². The molecular formula is C70H44N2O. The molecule has 2 aromatic heterocycles. The SMILES string of the molecule is c1ccc(-c2cccc(-c3cc(-c4ccccc4)c4oc5c(-c6cccc(-c7cccc(-c8cnc9c%10ccccc%10c%10ccccc%10c9n8)c7)c6)cc(-c6cccc(-c7ccccc7)c6)cc5c4c3)c2)cc1. The van der Waals surface area contributed by atoms with Gasteiger partial charge in [-0.25, -0.2) is 4.98 Å². The number of rotatable bonds is 8. The number of aromatic nitrogens is 2. The fourth-order valence-electron chi connectivity index (χ4n) is 10.9. The number of benzene rings is 12. The molecular weight excluding hydrogens is 885 g/mol. The average molecular weight is 929 g/mol. The summed E-state index contributed by atoms with van der Waals surface area (Å²) in [4.78, 5) is 10.4. The monoisotopic (exact) mass is 928 g/mol. The second-order valence-electron chi connectivity index (χ2n) is 18.9. The number of nitrogens with zero attached hydrogens (tertiary/aromatic N) is 2. The molecule has 0 saturated heterocycles. The predicted molar refractivity (Wildman–Crippen MR) is 305 cm³/mol. The first-order valence-corrected chi connectivity index (χ1v) is 24.9. The van der Waals surface area contributed by atoms with E-state index in [0.717, 1.165) is 111 Å². The maximum Gasteiger partial charge on any atom is 0.143 e. The standard InChI is InChI=1S/C70H44N2O/c1-4-18-45(19-5-1)48-24-14-28-52(36-48)56-40-62(47-22-8-3-9-23-47)69-64(42-56)65-43-57(53-29-15-25-49(37-53)46-20-6-2-7-21-46)41-63(70(65)73-69)54-30-16-26-50(38-54)51-27-17-31-55(39-51)66-44-71-67-60-34-12-10-32-58(60)59-33-11-13-35-61(59)68(67)72-66/h1-44H. The maximum absolute atomic E-state index is 7.29. The van der Waals surface area contributed by atoms with E-state index in [1.165, 1.54) is 33.0 Å². The summed E-state index contributed by atoms with van der Waals surface area (Å²) in [7, 11) is 0. The van der Waals surface area contributed by atoms with Gasteiger partial charge in [-0.3, -0.25) is 4.98 Å². The smallest absolute Gasteiger partial charge is 0.143 e. The molecule has 0 unspecified atom stereocenters. The van der Waals surface area contributed by atoms with Crippen molar-refractivity contribution in [1.82, 2.24) is 9.97 Å². The van der Waals surface area contributed by atoms with Gasteiger partial charge in [0.1, 0.15) is 11.2 Å². The summed E-state index contributed by atoms with van der Waals surface area (Å²) in [6.45, 7) is 0. The van der Waals surface area contributed by atoms with E-state index in [1.807, 2.05) is 6.20 Å². The summed E-state index contributed by atoms with van der Waals surface area (Å²) >= 11 is 0. The van der Waals surface area contributed by atoms with Crippen molar-refractivity contribution in [1.29, 1.82) is 0 Å². The topological polar surface area (TPSA) is 38.9 Å². The van der Waals surface area contributed by atoms with Crippen molar-refractivity contribution in [3.05, 3.63) is 267 Å². The Morgan fingerprint density at radius 1 is 0.233 bits per heavy atom. The lowest BCUT2D eigenvalue weighted by molar-refractivity contribution is 0.671. The van der Waals surface area contributed by atoms with Gasteiger partial charge in [0.05, 0.1) is 22.9 Å². The number of furan rings is 1. The Hall–Kier alpha value is -9.70. The highest BCUT2D eigenvalue weighted by molar-refractivity contribution is 6.23. The van der Waals surface area contributed by atoms with E-state index in [4.69, 9.17) is 14.4 Å². The minimum absolute atomic E-state index is 0.834. The van der Waals surface area contributed by atoms with Crippen LogP contribution in [0, 0.1) is 0 Å². The van der Waals surface area contributed by atoms with Crippen LogP contribution in [-0.4, -0.2) is 9.97 Å². The van der Waals surface area contributed by atoms with Gasteiger partial charge < -0.3 is 4.42 Å². The molecule has 12 aromatic carbocycles. The zero-order valence-electron chi connectivity index (χ0n) is 39.7. The molecule has 0 atom stereocenters. The van der Waals surface area contributed by atoms with Gasteiger partial charge >= 0.3 is 0 Å². The van der Waals surface area contributed by atoms with Crippen LogP contribution in [0.3, 0.4) is 0 Å². The molecule has 2 heterocycles. The Bertz CT molecular complexity index is 4390. The second kappa shape index (κ2) is 17.6. The van der Waals surface area contributed by atoms with E-state index in [1.54, 1.807) is 0 Å². The van der Waals surface area contributed by atoms with Crippen LogP contribution >= 0.6 is 0 Å². The fraction of sp³-hybridized carbons (Fsp3) is 0. The first-order chi connectivity index (χ1) is 36.2. The minimum Gasteiger partial charge on any atom is -0.455 e. The van der Waals surface area contributed by atoms with E-state index in [9.17, 15) is 0 Å². The molecule has 3 heteroatoms. The highest BCUT2D eigenvalue weighted by atomic mass is 16.3. The third kappa shape index (κ3) is 7.54. The molecule has 0 N–H and O–H groups in total. The molecule has 0 fully saturated rings. The summed E-state index contributed by atoms with van der Waals surface area (Å²) in [5.41, 5.74) is 21.0. The van der Waals surface area contributed by atoms with Crippen LogP contribution in [0.5, 0.6) is 0 Å². The van der Waals surface area contributed by atoms with Crippen LogP contribution in [-0.2, 0) is 0 Å². The Morgan fingerprint density at radius 2 is 0.589 bits per heavy atom. The molecule has 0 radical (unpaired) electrons. The van der Waals surface area contributed by atoms with Gasteiger partial charge in [-0.05, 0) is 126 Å². The van der Waals surface area contributed by atoms with Gasteiger partial charge in [0.15, 0.2) is 0 Å². The first-order valence-electron chi connectivity index (χ1n) is 24.9. The quantitative estimate of drug-likeness (QED) is 0.143.